The molecule has 1 aromatic heterocycles. The molecule has 8 nitrogen and oxygen atoms in total. The summed E-state index contributed by atoms with van der Waals surface area (Å²) in [6.45, 7) is 1.98. The van der Waals surface area contributed by atoms with E-state index >= 15 is 0 Å². The Balaban J connectivity index is 1.46. The monoisotopic (exact) mass is 511 g/mol. The Morgan fingerprint density at radius 2 is 1.64 bits per heavy atom. The Morgan fingerprint density at radius 1 is 0.972 bits per heavy atom. The number of carbonyl (C=O) groups is 1. The average molecular weight is 512 g/mol. The highest BCUT2D eigenvalue weighted by molar-refractivity contribution is 7.98. The molecule has 9 heteroatoms. The summed E-state index contributed by atoms with van der Waals surface area (Å²) in [4.78, 5) is 20.9. The number of ether oxygens (including phenoxy) is 4. The molecule has 0 N–H and O–H groups in total. The highest BCUT2D eigenvalue weighted by Gasteiger charge is 2.28. The number of aromatic nitrogens is 2. The third-order valence-electron chi connectivity index (χ3n) is 6.61. The van der Waals surface area contributed by atoms with Crippen LogP contribution < -0.4 is 18.9 Å². The topological polar surface area (TPSA) is 75.1 Å². The SMILES string of the molecule is COc1cc(SC)ccc1C(=O)N1CCC(c2nccn2Cc2cc(OC)c(OC)c(OC)c2)CC1. The van der Waals surface area contributed by atoms with Gasteiger partial charge in [-0.05, 0) is 55.0 Å². The summed E-state index contributed by atoms with van der Waals surface area (Å²) in [7, 11) is 6.44. The van der Waals surface area contributed by atoms with Crippen LogP contribution >= 0.6 is 11.8 Å². The Hall–Kier alpha value is -3.33. The lowest BCUT2D eigenvalue weighted by Crippen LogP contribution is -2.38. The maximum Gasteiger partial charge on any atom is 0.257 e. The number of piperidine rings is 1. The van der Waals surface area contributed by atoms with E-state index in [0.29, 0.717) is 48.2 Å². The summed E-state index contributed by atoms with van der Waals surface area (Å²) in [5.41, 5.74) is 1.63. The standard InChI is InChI=1S/C27H33N3O5S/c1-32-22-16-20(36-5)6-7-21(22)27(31)29-11-8-19(9-12-29)26-28-10-13-30(26)17-18-14-23(33-2)25(35-4)24(15-18)34-3/h6-7,10,13-16,19H,8-9,11-12,17H2,1-5H3. The number of imidazole rings is 1. The predicted molar refractivity (Wildman–Crippen MR) is 140 cm³/mol. The molecule has 0 unspecified atom stereocenters. The van der Waals surface area contributed by atoms with Crippen molar-refractivity contribution in [1.82, 2.24) is 14.5 Å². The molecule has 0 aliphatic carbocycles. The van der Waals surface area contributed by atoms with Crippen LogP contribution in [0.25, 0.3) is 0 Å². The van der Waals surface area contributed by atoms with Crippen molar-refractivity contribution < 1.29 is 23.7 Å². The van der Waals surface area contributed by atoms with Crippen LogP contribution in [-0.2, 0) is 6.54 Å². The van der Waals surface area contributed by atoms with Gasteiger partial charge in [-0.2, -0.15) is 0 Å². The summed E-state index contributed by atoms with van der Waals surface area (Å²) < 4.78 is 24.1. The van der Waals surface area contributed by atoms with Gasteiger partial charge in [0.25, 0.3) is 5.91 Å². The molecule has 0 saturated carbocycles. The van der Waals surface area contributed by atoms with Crippen molar-refractivity contribution in [2.24, 2.45) is 0 Å². The highest BCUT2D eigenvalue weighted by Crippen LogP contribution is 2.39. The number of benzene rings is 2. The number of hydrogen-bond donors (Lipinski definition) is 0. The fourth-order valence-corrected chi connectivity index (χ4v) is 5.15. The zero-order chi connectivity index (χ0) is 25.7. The normalized spacial score (nSPS) is 14.0. The molecule has 1 aliphatic heterocycles. The third-order valence-corrected chi connectivity index (χ3v) is 7.34. The van der Waals surface area contributed by atoms with Gasteiger partial charge in [-0.3, -0.25) is 4.79 Å². The van der Waals surface area contributed by atoms with Gasteiger partial charge in [0.2, 0.25) is 5.75 Å². The van der Waals surface area contributed by atoms with Crippen molar-refractivity contribution in [2.45, 2.75) is 30.2 Å². The van der Waals surface area contributed by atoms with Crippen LogP contribution in [0.3, 0.4) is 0 Å². The molecule has 4 rings (SSSR count). The van der Waals surface area contributed by atoms with E-state index in [2.05, 4.69) is 9.55 Å². The van der Waals surface area contributed by atoms with Gasteiger partial charge in [-0.15, -0.1) is 11.8 Å². The predicted octanol–water partition coefficient (Wildman–Crippen LogP) is 4.71. The van der Waals surface area contributed by atoms with Gasteiger partial charge in [-0.1, -0.05) is 0 Å². The first-order valence-corrected chi connectivity index (χ1v) is 13.1. The van der Waals surface area contributed by atoms with Gasteiger partial charge in [0.05, 0.1) is 34.0 Å². The van der Waals surface area contributed by atoms with Crippen molar-refractivity contribution in [2.75, 3.05) is 47.8 Å². The number of methoxy groups -OCH3 is 4. The van der Waals surface area contributed by atoms with Gasteiger partial charge in [0.15, 0.2) is 11.5 Å². The molecule has 1 aliphatic rings. The molecule has 1 amide bonds. The molecular formula is C27H33N3O5S. The zero-order valence-electron chi connectivity index (χ0n) is 21.4. The zero-order valence-corrected chi connectivity index (χ0v) is 22.3. The molecular weight excluding hydrogens is 478 g/mol. The second kappa shape index (κ2) is 11.6. The van der Waals surface area contributed by atoms with E-state index in [-0.39, 0.29) is 11.8 Å². The molecule has 2 aromatic carbocycles. The van der Waals surface area contributed by atoms with Crippen LogP contribution in [-0.4, -0.2) is 68.1 Å². The summed E-state index contributed by atoms with van der Waals surface area (Å²) in [5, 5.41) is 0. The van der Waals surface area contributed by atoms with Crippen molar-refractivity contribution in [1.29, 1.82) is 0 Å². The van der Waals surface area contributed by atoms with Gasteiger partial charge in [-0.25, -0.2) is 4.98 Å². The highest BCUT2D eigenvalue weighted by atomic mass is 32.2. The quantitative estimate of drug-likeness (QED) is 0.385. The van der Waals surface area contributed by atoms with Gasteiger partial charge >= 0.3 is 0 Å². The molecule has 36 heavy (non-hydrogen) atoms. The first-order valence-electron chi connectivity index (χ1n) is 11.8. The second-order valence-corrected chi connectivity index (χ2v) is 9.46. The van der Waals surface area contributed by atoms with Gasteiger partial charge in [0, 0.05) is 42.8 Å². The Bertz CT molecular complexity index is 1180. The maximum atomic E-state index is 13.2. The van der Waals surface area contributed by atoms with Crippen LogP contribution in [0.2, 0.25) is 0 Å². The fraction of sp³-hybridized carbons (Fsp3) is 0.407. The smallest absolute Gasteiger partial charge is 0.257 e. The molecule has 0 atom stereocenters. The van der Waals surface area contributed by atoms with Crippen LogP contribution in [0.5, 0.6) is 23.0 Å². The van der Waals surface area contributed by atoms with Crippen molar-refractivity contribution in [3.63, 3.8) is 0 Å². The number of nitrogens with zero attached hydrogens (tertiary/aromatic N) is 3. The van der Waals surface area contributed by atoms with Gasteiger partial charge in [0.1, 0.15) is 11.6 Å². The van der Waals surface area contributed by atoms with Crippen molar-refractivity contribution in [3.8, 4) is 23.0 Å². The third kappa shape index (κ3) is 5.26. The second-order valence-electron chi connectivity index (χ2n) is 8.58. The Labute approximate surface area is 216 Å². The molecule has 1 fully saturated rings. The van der Waals surface area contributed by atoms with E-state index in [1.807, 2.05) is 53.9 Å². The largest absolute Gasteiger partial charge is 0.496 e. The number of carbonyl (C=O) groups excluding carboxylic acids is 1. The molecule has 1 saturated heterocycles. The lowest BCUT2D eigenvalue weighted by Gasteiger charge is -2.32. The van der Waals surface area contributed by atoms with E-state index < -0.39 is 0 Å². The molecule has 192 valence electrons. The average Bonchev–Trinajstić information content (AvgIpc) is 3.39. The van der Waals surface area contributed by atoms with Crippen LogP contribution in [0.4, 0.5) is 0 Å². The minimum atomic E-state index is 0.0127. The lowest BCUT2D eigenvalue weighted by atomic mass is 9.95. The summed E-state index contributed by atoms with van der Waals surface area (Å²) in [5.74, 6) is 3.76. The first kappa shape index (κ1) is 25.8. The van der Waals surface area contributed by atoms with Crippen molar-refractivity contribution in [3.05, 3.63) is 59.7 Å². The lowest BCUT2D eigenvalue weighted by molar-refractivity contribution is 0.0707. The number of rotatable bonds is 9. The van der Waals surface area contributed by atoms with Crippen LogP contribution in [0, 0.1) is 0 Å². The maximum absolute atomic E-state index is 13.2. The summed E-state index contributed by atoms with van der Waals surface area (Å²) in [6, 6.07) is 9.67. The van der Waals surface area contributed by atoms with E-state index in [4.69, 9.17) is 18.9 Å². The fourth-order valence-electron chi connectivity index (χ4n) is 4.72. The minimum Gasteiger partial charge on any atom is -0.496 e. The Morgan fingerprint density at radius 3 is 2.22 bits per heavy atom. The number of amides is 1. The van der Waals surface area contributed by atoms with E-state index in [1.54, 1.807) is 40.2 Å². The van der Waals surface area contributed by atoms with Gasteiger partial charge < -0.3 is 28.4 Å². The summed E-state index contributed by atoms with van der Waals surface area (Å²) in [6.07, 6.45) is 7.54. The Kier molecular flexibility index (Phi) is 8.30. The molecule has 0 spiro atoms. The van der Waals surface area contributed by atoms with E-state index in [1.165, 1.54) is 0 Å². The molecule has 2 heterocycles. The van der Waals surface area contributed by atoms with Crippen LogP contribution in [0.1, 0.15) is 40.5 Å². The number of likely N-dealkylation sites (tertiary alicyclic amines) is 1. The van der Waals surface area contributed by atoms with E-state index in [9.17, 15) is 4.79 Å². The van der Waals surface area contributed by atoms with Crippen molar-refractivity contribution >= 4 is 17.7 Å². The molecule has 3 aromatic rings. The molecule has 0 radical (unpaired) electrons. The number of hydrogen-bond acceptors (Lipinski definition) is 7. The van der Waals surface area contributed by atoms with E-state index in [0.717, 1.165) is 29.1 Å². The first-order chi connectivity index (χ1) is 17.5. The minimum absolute atomic E-state index is 0.0127. The molecule has 0 bridgehead atoms. The van der Waals surface area contributed by atoms with Crippen LogP contribution in [0.15, 0.2) is 47.6 Å². The summed E-state index contributed by atoms with van der Waals surface area (Å²) >= 11 is 1.63. The number of thioether (sulfide) groups is 1.